The van der Waals surface area contributed by atoms with Crippen LogP contribution < -0.4 is 15.4 Å². The summed E-state index contributed by atoms with van der Waals surface area (Å²) >= 11 is 25.3. The number of methoxy groups -OCH3 is 1. The van der Waals surface area contributed by atoms with Gasteiger partial charge in [0.1, 0.15) is 5.75 Å². The molecule has 182 valence electrons. The fraction of sp³-hybridized carbons (Fsp3) is 0.0870. The average molecular weight is 574 g/mol. The van der Waals surface area contributed by atoms with E-state index in [9.17, 15) is 19.5 Å². The summed E-state index contributed by atoms with van der Waals surface area (Å²) in [6.45, 7) is 0. The van der Waals surface area contributed by atoms with Crippen LogP contribution in [0, 0.1) is 0 Å². The van der Waals surface area contributed by atoms with Crippen LogP contribution in [0.3, 0.4) is 0 Å². The first-order valence-electron chi connectivity index (χ1n) is 9.69. The van der Waals surface area contributed by atoms with Crippen LogP contribution >= 0.6 is 58.2 Å². The number of amides is 2. The second-order valence-corrected chi connectivity index (χ2v) is 9.42. The number of halogens is 4. The number of hydrogen-bond donors (Lipinski definition) is 3. The summed E-state index contributed by atoms with van der Waals surface area (Å²) in [5.41, 5.74) is 0.0405. The maximum absolute atomic E-state index is 12.8. The second-order valence-electron chi connectivity index (χ2n) is 6.85. The molecule has 0 aliphatic heterocycles. The lowest BCUT2D eigenvalue weighted by Gasteiger charge is -2.14. The molecule has 12 heteroatoms. The molecule has 0 spiro atoms. The molecule has 3 aromatic carbocycles. The molecule has 0 saturated carbocycles. The van der Waals surface area contributed by atoms with Crippen molar-refractivity contribution in [3.63, 3.8) is 0 Å². The molecule has 0 aromatic heterocycles. The Kier molecular flexibility index (Phi) is 9.15. The Hall–Kier alpha value is -2.62. The van der Waals surface area contributed by atoms with Gasteiger partial charge in [0.25, 0.3) is 5.91 Å². The highest BCUT2D eigenvalue weighted by molar-refractivity contribution is 8.00. The van der Waals surface area contributed by atoms with Gasteiger partial charge in [-0.25, -0.2) is 4.79 Å². The molecule has 0 saturated heterocycles. The van der Waals surface area contributed by atoms with Gasteiger partial charge in [-0.1, -0.05) is 46.4 Å². The summed E-state index contributed by atoms with van der Waals surface area (Å²) in [5.74, 6) is -1.65. The number of hydrogen-bond acceptors (Lipinski definition) is 5. The Labute approximate surface area is 224 Å². The van der Waals surface area contributed by atoms with Gasteiger partial charge in [0.2, 0.25) is 5.91 Å². The van der Waals surface area contributed by atoms with Crippen molar-refractivity contribution in [2.45, 2.75) is 4.90 Å². The molecule has 0 heterocycles. The Morgan fingerprint density at radius 3 is 1.86 bits per heavy atom. The number of ether oxygens (including phenoxy) is 1. The van der Waals surface area contributed by atoms with E-state index < -0.39 is 28.0 Å². The Balaban J connectivity index is 1.65. The minimum absolute atomic E-state index is 0.164. The minimum Gasteiger partial charge on any atom is -0.497 e. The molecule has 35 heavy (non-hydrogen) atoms. The molecule has 7 nitrogen and oxygen atoms in total. The quantitative estimate of drug-likeness (QED) is 0.152. The number of carboxylic acids is 1. The molecule has 0 bridgehead atoms. The molecule has 3 aromatic rings. The lowest BCUT2D eigenvalue weighted by Crippen LogP contribution is -2.18. The van der Waals surface area contributed by atoms with E-state index >= 15 is 0 Å². The smallest absolute Gasteiger partial charge is 0.338 e. The van der Waals surface area contributed by atoms with Crippen molar-refractivity contribution in [2.75, 3.05) is 23.5 Å². The van der Waals surface area contributed by atoms with Crippen LogP contribution in [-0.4, -0.2) is 35.8 Å². The van der Waals surface area contributed by atoms with E-state index in [-0.39, 0.29) is 26.7 Å². The summed E-state index contributed by atoms with van der Waals surface area (Å²) in [6.07, 6.45) is 0. The van der Waals surface area contributed by atoms with Crippen LogP contribution in [0.4, 0.5) is 11.4 Å². The predicted octanol–water partition coefficient (Wildman–Crippen LogP) is 6.99. The standard InChI is InChI=1S/C23H16Cl4N2O5S/c1-34-13-6-2-11(3-7-13)28-15(30)10-35-14-8-4-12(5-9-14)29-22(31)16-17(23(32)33)19(25)21(27)20(26)18(16)24/h2-9H,10H2,1H3,(H,28,30)(H,29,31)(H,32,33). The van der Waals surface area contributed by atoms with Crippen LogP contribution in [0.25, 0.3) is 0 Å². The van der Waals surface area contributed by atoms with Crippen molar-refractivity contribution in [3.05, 3.63) is 79.7 Å². The van der Waals surface area contributed by atoms with E-state index in [0.717, 1.165) is 4.90 Å². The number of carbonyl (C=O) groups is 3. The Morgan fingerprint density at radius 2 is 1.31 bits per heavy atom. The van der Waals surface area contributed by atoms with E-state index in [1.807, 2.05) is 0 Å². The van der Waals surface area contributed by atoms with E-state index in [1.54, 1.807) is 55.6 Å². The highest BCUT2D eigenvalue weighted by Gasteiger charge is 2.28. The average Bonchev–Trinajstić information content (AvgIpc) is 2.84. The van der Waals surface area contributed by atoms with Gasteiger partial charge in [-0.2, -0.15) is 0 Å². The largest absolute Gasteiger partial charge is 0.497 e. The third-order valence-electron chi connectivity index (χ3n) is 4.56. The zero-order chi connectivity index (χ0) is 25.7. The summed E-state index contributed by atoms with van der Waals surface area (Å²) in [4.78, 5) is 37.4. The van der Waals surface area contributed by atoms with Gasteiger partial charge in [-0.3, -0.25) is 9.59 Å². The maximum atomic E-state index is 12.8. The van der Waals surface area contributed by atoms with E-state index in [1.165, 1.54) is 11.8 Å². The lowest BCUT2D eigenvalue weighted by atomic mass is 10.1. The van der Waals surface area contributed by atoms with Gasteiger partial charge in [0, 0.05) is 16.3 Å². The monoisotopic (exact) mass is 572 g/mol. The normalized spacial score (nSPS) is 10.5. The molecule has 0 radical (unpaired) electrons. The molecule has 2 amide bonds. The lowest BCUT2D eigenvalue weighted by molar-refractivity contribution is -0.113. The summed E-state index contributed by atoms with van der Waals surface area (Å²) in [5, 5.41) is 13.6. The third kappa shape index (κ3) is 6.54. The predicted molar refractivity (Wildman–Crippen MR) is 140 cm³/mol. The fourth-order valence-electron chi connectivity index (χ4n) is 2.89. The Bertz CT molecular complexity index is 1280. The van der Waals surface area contributed by atoms with Gasteiger partial charge in [0.15, 0.2) is 0 Å². The number of rotatable bonds is 8. The zero-order valence-electron chi connectivity index (χ0n) is 17.8. The number of nitrogens with one attached hydrogen (secondary N) is 2. The molecule has 0 aliphatic carbocycles. The van der Waals surface area contributed by atoms with Crippen molar-refractivity contribution >= 4 is 87.3 Å². The number of carbonyl (C=O) groups excluding carboxylic acids is 2. The van der Waals surface area contributed by atoms with E-state index in [4.69, 9.17) is 51.1 Å². The van der Waals surface area contributed by atoms with Crippen molar-refractivity contribution in [2.24, 2.45) is 0 Å². The molecule has 3 rings (SSSR count). The molecular formula is C23H16Cl4N2O5S. The van der Waals surface area contributed by atoms with Crippen molar-refractivity contribution < 1.29 is 24.2 Å². The highest BCUT2D eigenvalue weighted by Crippen LogP contribution is 2.41. The second kappa shape index (κ2) is 11.9. The summed E-state index contributed by atoms with van der Waals surface area (Å²) < 4.78 is 5.08. The van der Waals surface area contributed by atoms with Crippen molar-refractivity contribution in [1.82, 2.24) is 0 Å². The molecule has 3 N–H and O–H groups in total. The number of thioether (sulfide) groups is 1. The third-order valence-corrected chi connectivity index (χ3v) is 7.38. The summed E-state index contributed by atoms with van der Waals surface area (Å²) in [6, 6.07) is 13.5. The first-order chi connectivity index (χ1) is 16.6. The Morgan fingerprint density at radius 1 is 0.800 bits per heavy atom. The van der Waals surface area contributed by atoms with Gasteiger partial charge in [0.05, 0.1) is 44.1 Å². The summed E-state index contributed by atoms with van der Waals surface area (Å²) in [7, 11) is 1.56. The minimum atomic E-state index is -1.49. The highest BCUT2D eigenvalue weighted by atomic mass is 35.5. The van der Waals surface area contributed by atoms with Crippen LogP contribution in [0.15, 0.2) is 53.4 Å². The topological polar surface area (TPSA) is 105 Å². The number of carboxylic acid groups (broad SMARTS) is 1. The first-order valence-corrected chi connectivity index (χ1v) is 12.2. The van der Waals surface area contributed by atoms with Gasteiger partial charge in [-0.15, -0.1) is 11.8 Å². The number of aromatic carboxylic acids is 1. The van der Waals surface area contributed by atoms with Gasteiger partial charge in [-0.05, 0) is 48.5 Å². The van der Waals surface area contributed by atoms with Crippen LogP contribution in [0.1, 0.15) is 20.7 Å². The molecule has 0 atom stereocenters. The molecular weight excluding hydrogens is 558 g/mol. The van der Waals surface area contributed by atoms with Crippen LogP contribution in [-0.2, 0) is 4.79 Å². The molecule has 0 aliphatic rings. The van der Waals surface area contributed by atoms with Crippen LogP contribution in [0.5, 0.6) is 5.75 Å². The van der Waals surface area contributed by atoms with Crippen LogP contribution in [0.2, 0.25) is 20.1 Å². The first kappa shape index (κ1) is 27.0. The number of benzene rings is 3. The SMILES string of the molecule is COc1ccc(NC(=O)CSc2ccc(NC(=O)c3c(Cl)c(Cl)c(Cl)c(Cl)c3C(=O)O)cc2)cc1. The van der Waals surface area contributed by atoms with Gasteiger partial charge >= 0.3 is 5.97 Å². The zero-order valence-corrected chi connectivity index (χ0v) is 21.7. The van der Waals surface area contributed by atoms with E-state index in [0.29, 0.717) is 17.1 Å². The van der Waals surface area contributed by atoms with Crippen molar-refractivity contribution in [1.29, 1.82) is 0 Å². The maximum Gasteiger partial charge on any atom is 0.338 e. The van der Waals surface area contributed by atoms with Gasteiger partial charge < -0.3 is 20.5 Å². The van der Waals surface area contributed by atoms with Crippen molar-refractivity contribution in [3.8, 4) is 5.75 Å². The molecule has 0 fully saturated rings. The fourth-order valence-corrected chi connectivity index (χ4v) is 4.61. The van der Waals surface area contributed by atoms with E-state index in [2.05, 4.69) is 10.6 Å². The molecule has 0 unspecified atom stereocenters. The number of anilines is 2.